The van der Waals surface area contributed by atoms with Crippen molar-refractivity contribution in [2.24, 2.45) is 0 Å². The first-order valence-corrected chi connectivity index (χ1v) is 14.4. The minimum absolute atomic E-state index is 0.214. The zero-order valence-corrected chi connectivity index (χ0v) is 23.3. The summed E-state index contributed by atoms with van der Waals surface area (Å²) < 4.78 is 5.52. The molecule has 1 aliphatic carbocycles. The maximum Gasteiger partial charge on any atom is 0.410 e. The van der Waals surface area contributed by atoms with Gasteiger partial charge in [-0.25, -0.2) is 14.6 Å². The van der Waals surface area contributed by atoms with Gasteiger partial charge in [-0.3, -0.25) is 9.69 Å². The molecule has 6 rings (SSSR count). The number of benzene rings is 1. The van der Waals surface area contributed by atoms with Crippen LogP contribution in [0.2, 0.25) is 0 Å². The number of nitrogens with one attached hydrogen (secondary N) is 2. The fourth-order valence-electron chi connectivity index (χ4n) is 5.50. The molecule has 0 unspecified atom stereocenters. The quantitative estimate of drug-likeness (QED) is 0.395. The Labute approximate surface area is 231 Å². The monoisotopic (exact) mass is 547 g/mol. The van der Waals surface area contributed by atoms with E-state index in [0.29, 0.717) is 40.1 Å². The van der Waals surface area contributed by atoms with Crippen LogP contribution in [0.25, 0.3) is 10.2 Å². The Morgan fingerprint density at radius 1 is 1.15 bits per heavy atom. The number of hydrogen-bond acceptors (Lipinski definition) is 6. The molecular formula is C29H33N5O4S. The minimum atomic E-state index is -0.581. The van der Waals surface area contributed by atoms with E-state index in [1.54, 1.807) is 16.0 Å². The molecule has 39 heavy (non-hydrogen) atoms. The van der Waals surface area contributed by atoms with Crippen LogP contribution in [0.4, 0.5) is 26.7 Å². The topological polar surface area (TPSA) is 104 Å². The van der Waals surface area contributed by atoms with E-state index < -0.39 is 5.60 Å². The number of nitrogens with zero attached hydrogens (tertiary/aromatic N) is 3. The number of rotatable bonds is 4. The predicted molar refractivity (Wildman–Crippen MR) is 152 cm³/mol. The third-order valence-corrected chi connectivity index (χ3v) is 8.66. The molecule has 9 nitrogen and oxygen atoms in total. The SMILES string of the molecule is CC(C)(C)OC(=O)N1CCC[C@@H](NC(=O)c2sc3nccc4c3c2NC(=O)N4c2cccc(C3CCC3)c2)C1. The Morgan fingerprint density at radius 3 is 2.72 bits per heavy atom. The summed E-state index contributed by atoms with van der Waals surface area (Å²) in [5.41, 5.74) is 2.68. The van der Waals surface area contributed by atoms with Gasteiger partial charge in [0.25, 0.3) is 5.91 Å². The number of anilines is 3. The van der Waals surface area contributed by atoms with Gasteiger partial charge in [-0.05, 0) is 76.1 Å². The van der Waals surface area contributed by atoms with Crippen molar-refractivity contribution >= 4 is 56.6 Å². The Bertz CT molecular complexity index is 1460. The number of amides is 4. The van der Waals surface area contributed by atoms with E-state index in [1.807, 2.05) is 39.0 Å². The molecule has 0 bridgehead atoms. The molecule has 2 aromatic heterocycles. The van der Waals surface area contributed by atoms with Crippen molar-refractivity contribution < 1.29 is 19.1 Å². The molecule has 2 aliphatic heterocycles. The van der Waals surface area contributed by atoms with Crippen LogP contribution in [0.5, 0.6) is 0 Å². The molecule has 3 aliphatic rings. The number of likely N-dealkylation sites (tertiary alicyclic amines) is 1. The van der Waals surface area contributed by atoms with Crippen molar-refractivity contribution in [3.63, 3.8) is 0 Å². The van der Waals surface area contributed by atoms with Crippen molar-refractivity contribution in [2.75, 3.05) is 23.3 Å². The highest BCUT2D eigenvalue weighted by atomic mass is 32.1. The van der Waals surface area contributed by atoms with Gasteiger partial charge in [0, 0.05) is 25.3 Å². The molecule has 1 aromatic carbocycles. The van der Waals surface area contributed by atoms with Crippen LogP contribution in [0.15, 0.2) is 36.5 Å². The normalized spacial score (nSPS) is 19.5. The molecule has 1 saturated carbocycles. The van der Waals surface area contributed by atoms with Gasteiger partial charge >= 0.3 is 12.1 Å². The summed E-state index contributed by atoms with van der Waals surface area (Å²) in [4.78, 5) is 48.5. The fraction of sp³-hybridized carbons (Fsp3) is 0.448. The standard InChI is InChI=1S/C29H33N5O4S/c1-29(2,3)38-28(37)33-14-6-10-19(16-33)31-25(35)24-23-22-21(12-13-30-26(22)39-24)34(27(36)32-23)20-11-5-9-18(15-20)17-7-4-8-17/h5,9,11-13,15,17,19H,4,6-8,10,14,16H2,1-3H3,(H,31,35)(H,32,36)/t19-/m1/s1. The number of carbonyl (C=O) groups is 3. The Kier molecular flexibility index (Phi) is 6.45. The maximum atomic E-state index is 13.5. The van der Waals surface area contributed by atoms with Crippen LogP contribution in [0.3, 0.4) is 0 Å². The summed E-state index contributed by atoms with van der Waals surface area (Å²) in [6.45, 7) is 6.48. The van der Waals surface area contributed by atoms with E-state index in [4.69, 9.17) is 4.74 Å². The second-order valence-electron chi connectivity index (χ2n) is 11.5. The van der Waals surface area contributed by atoms with Crippen molar-refractivity contribution in [3.05, 3.63) is 47.0 Å². The molecule has 0 spiro atoms. The average Bonchev–Trinajstić information content (AvgIpc) is 3.22. The van der Waals surface area contributed by atoms with Crippen LogP contribution in [-0.4, -0.2) is 52.6 Å². The first-order chi connectivity index (χ1) is 18.7. The molecule has 1 atom stereocenters. The molecule has 2 N–H and O–H groups in total. The van der Waals surface area contributed by atoms with Gasteiger partial charge in [0.2, 0.25) is 0 Å². The largest absolute Gasteiger partial charge is 0.444 e. The van der Waals surface area contributed by atoms with Gasteiger partial charge in [-0.2, -0.15) is 0 Å². The number of ether oxygens (including phenoxy) is 1. The molecule has 204 valence electrons. The summed E-state index contributed by atoms with van der Waals surface area (Å²) in [6.07, 6.45) is 6.43. The molecule has 1 saturated heterocycles. The highest BCUT2D eigenvalue weighted by molar-refractivity contribution is 7.21. The van der Waals surface area contributed by atoms with Crippen LogP contribution < -0.4 is 15.5 Å². The lowest BCUT2D eigenvalue weighted by atomic mass is 9.80. The third-order valence-electron chi connectivity index (χ3n) is 7.57. The zero-order valence-electron chi connectivity index (χ0n) is 22.5. The van der Waals surface area contributed by atoms with Crippen LogP contribution in [-0.2, 0) is 4.74 Å². The number of carbonyl (C=O) groups excluding carboxylic acids is 3. The van der Waals surface area contributed by atoms with Crippen molar-refractivity contribution in [1.82, 2.24) is 15.2 Å². The lowest BCUT2D eigenvalue weighted by molar-refractivity contribution is 0.0185. The van der Waals surface area contributed by atoms with E-state index in [-0.39, 0.29) is 24.1 Å². The average molecular weight is 548 g/mol. The number of aromatic nitrogens is 1. The van der Waals surface area contributed by atoms with Crippen molar-refractivity contribution in [1.29, 1.82) is 0 Å². The number of hydrogen-bond donors (Lipinski definition) is 2. The zero-order chi connectivity index (χ0) is 27.3. The summed E-state index contributed by atoms with van der Waals surface area (Å²) >= 11 is 1.26. The van der Waals surface area contributed by atoms with E-state index >= 15 is 0 Å². The molecular weight excluding hydrogens is 514 g/mol. The van der Waals surface area contributed by atoms with Crippen LogP contribution in [0, 0.1) is 0 Å². The van der Waals surface area contributed by atoms with Crippen LogP contribution >= 0.6 is 11.3 Å². The third kappa shape index (κ3) is 4.93. The van der Waals surface area contributed by atoms with E-state index in [1.165, 1.54) is 36.2 Å². The van der Waals surface area contributed by atoms with Gasteiger partial charge in [-0.1, -0.05) is 18.6 Å². The molecule has 10 heteroatoms. The molecule has 0 radical (unpaired) electrons. The number of thiophene rings is 1. The number of urea groups is 1. The number of pyridine rings is 1. The second kappa shape index (κ2) is 9.82. The molecule has 3 aromatic rings. The Balaban J connectivity index is 1.26. The van der Waals surface area contributed by atoms with Crippen molar-refractivity contribution in [2.45, 2.75) is 70.4 Å². The van der Waals surface area contributed by atoms with Gasteiger partial charge in [0.1, 0.15) is 15.3 Å². The van der Waals surface area contributed by atoms with Crippen LogP contribution in [0.1, 0.15) is 74.0 Å². The summed E-state index contributed by atoms with van der Waals surface area (Å²) in [5, 5.41) is 6.83. The number of piperidine rings is 1. The fourth-order valence-corrected chi connectivity index (χ4v) is 6.52. The summed E-state index contributed by atoms with van der Waals surface area (Å²) in [5.74, 6) is 0.268. The minimum Gasteiger partial charge on any atom is -0.444 e. The summed E-state index contributed by atoms with van der Waals surface area (Å²) in [7, 11) is 0. The highest BCUT2D eigenvalue weighted by Crippen LogP contribution is 2.46. The first-order valence-electron chi connectivity index (χ1n) is 13.6. The lowest BCUT2D eigenvalue weighted by Crippen LogP contribution is -2.50. The predicted octanol–water partition coefficient (Wildman–Crippen LogP) is 6.38. The van der Waals surface area contributed by atoms with E-state index in [2.05, 4.69) is 27.8 Å². The molecule has 4 amide bonds. The van der Waals surface area contributed by atoms with Gasteiger partial charge in [0.05, 0.1) is 22.4 Å². The summed E-state index contributed by atoms with van der Waals surface area (Å²) in [6, 6.07) is 9.48. The smallest absolute Gasteiger partial charge is 0.410 e. The van der Waals surface area contributed by atoms with Gasteiger partial charge in [-0.15, -0.1) is 11.3 Å². The maximum absolute atomic E-state index is 13.5. The van der Waals surface area contributed by atoms with E-state index in [0.717, 1.165) is 23.9 Å². The Morgan fingerprint density at radius 2 is 1.97 bits per heavy atom. The van der Waals surface area contributed by atoms with E-state index in [9.17, 15) is 14.4 Å². The first kappa shape index (κ1) is 25.6. The van der Waals surface area contributed by atoms with Gasteiger partial charge < -0.3 is 20.3 Å². The Hall–Kier alpha value is -3.66. The second-order valence-corrected chi connectivity index (χ2v) is 12.5. The molecule has 4 heterocycles. The van der Waals surface area contributed by atoms with Crippen molar-refractivity contribution in [3.8, 4) is 0 Å². The molecule has 2 fully saturated rings. The van der Waals surface area contributed by atoms with Gasteiger partial charge in [0.15, 0.2) is 0 Å². The highest BCUT2D eigenvalue weighted by Gasteiger charge is 2.35. The lowest BCUT2D eigenvalue weighted by Gasteiger charge is -2.34.